The Morgan fingerprint density at radius 3 is 2.69 bits per heavy atom. The third-order valence-corrected chi connectivity index (χ3v) is 6.29. The molecule has 32 heavy (non-hydrogen) atoms. The second-order valence-corrected chi connectivity index (χ2v) is 8.76. The average molecular weight is 492 g/mol. The summed E-state index contributed by atoms with van der Waals surface area (Å²) in [6.45, 7) is 2.84. The van der Waals surface area contributed by atoms with Crippen LogP contribution in [0.25, 0.3) is 6.08 Å². The maximum Gasteiger partial charge on any atom is 0.307 e. The highest BCUT2D eigenvalue weighted by atomic mass is 35.5. The SMILES string of the molecule is CCOc1cc(/C=C2\SC(=S)N(CCC(=O)OC)C2=O)ccc1OCc1ccccc1Cl. The van der Waals surface area contributed by atoms with Crippen molar-refractivity contribution in [2.45, 2.75) is 20.0 Å². The molecule has 2 aromatic rings. The van der Waals surface area contributed by atoms with E-state index in [4.69, 9.17) is 33.3 Å². The number of esters is 1. The van der Waals surface area contributed by atoms with E-state index in [0.717, 1.165) is 11.1 Å². The number of thiocarbonyl (C=S) groups is 1. The van der Waals surface area contributed by atoms with Gasteiger partial charge in [0.1, 0.15) is 10.9 Å². The number of rotatable bonds is 9. The van der Waals surface area contributed by atoms with E-state index in [1.165, 1.54) is 23.8 Å². The molecule has 0 radical (unpaired) electrons. The van der Waals surface area contributed by atoms with E-state index in [-0.39, 0.29) is 18.9 Å². The minimum atomic E-state index is -0.392. The number of carbonyl (C=O) groups is 2. The fourth-order valence-corrected chi connectivity index (χ4v) is 4.42. The molecule has 0 atom stereocenters. The van der Waals surface area contributed by atoms with Crippen LogP contribution in [-0.4, -0.2) is 41.4 Å². The van der Waals surface area contributed by atoms with Gasteiger partial charge in [-0.2, -0.15) is 0 Å². The first kappa shape index (κ1) is 24.1. The summed E-state index contributed by atoms with van der Waals surface area (Å²) in [5, 5.41) is 0.635. The first-order valence-corrected chi connectivity index (χ1v) is 11.5. The summed E-state index contributed by atoms with van der Waals surface area (Å²) in [6, 6.07) is 12.9. The van der Waals surface area contributed by atoms with E-state index >= 15 is 0 Å². The Bertz CT molecular complexity index is 1060. The molecule has 1 aliphatic rings. The predicted octanol–water partition coefficient (Wildman–Crippen LogP) is 5.08. The molecule has 9 heteroatoms. The first-order chi connectivity index (χ1) is 15.4. The number of nitrogens with zero attached hydrogens (tertiary/aromatic N) is 1. The van der Waals surface area contributed by atoms with Crippen LogP contribution >= 0.6 is 35.6 Å². The maximum atomic E-state index is 12.7. The van der Waals surface area contributed by atoms with Crippen molar-refractivity contribution in [1.29, 1.82) is 0 Å². The van der Waals surface area contributed by atoms with Crippen LogP contribution in [0.5, 0.6) is 11.5 Å². The zero-order chi connectivity index (χ0) is 23.1. The van der Waals surface area contributed by atoms with Gasteiger partial charge in [0.15, 0.2) is 11.5 Å². The van der Waals surface area contributed by atoms with Gasteiger partial charge in [-0.3, -0.25) is 14.5 Å². The maximum absolute atomic E-state index is 12.7. The summed E-state index contributed by atoms with van der Waals surface area (Å²) < 4.78 is 16.7. The normalized spacial score (nSPS) is 14.7. The lowest BCUT2D eigenvalue weighted by molar-refractivity contribution is -0.140. The molecule has 3 rings (SSSR count). The van der Waals surface area contributed by atoms with Gasteiger partial charge < -0.3 is 14.2 Å². The van der Waals surface area contributed by atoms with Crippen LogP contribution in [0.4, 0.5) is 0 Å². The Kier molecular flexibility index (Phi) is 8.55. The third kappa shape index (κ3) is 6.03. The van der Waals surface area contributed by atoms with E-state index in [9.17, 15) is 9.59 Å². The number of benzene rings is 2. The number of ether oxygens (including phenoxy) is 3. The molecule has 1 amide bonds. The van der Waals surface area contributed by atoms with Crippen molar-refractivity contribution >= 4 is 57.9 Å². The van der Waals surface area contributed by atoms with Gasteiger partial charge in [-0.1, -0.05) is 59.8 Å². The Balaban J connectivity index is 1.75. The first-order valence-electron chi connectivity index (χ1n) is 9.88. The van der Waals surface area contributed by atoms with Crippen LogP contribution < -0.4 is 9.47 Å². The van der Waals surface area contributed by atoms with Gasteiger partial charge in [0.2, 0.25) is 0 Å². The average Bonchev–Trinajstić information content (AvgIpc) is 3.05. The van der Waals surface area contributed by atoms with Gasteiger partial charge in [-0.05, 0) is 36.8 Å². The van der Waals surface area contributed by atoms with Crippen molar-refractivity contribution in [2.75, 3.05) is 20.3 Å². The minimum Gasteiger partial charge on any atom is -0.490 e. The molecule has 0 bridgehead atoms. The highest BCUT2D eigenvalue weighted by Gasteiger charge is 2.32. The molecule has 0 spiro atoms. The van der Waals surface area contributed by atoms with Gasteiger partial charge in [0.25, 0.3) is 5.91 Å². The number of methoxy groups -OCH3 is 1. The largest absolute Gasteiger partial charge is 0.490 e. The molecule has 1 saturated heterocycles. The molecule has 2 aromatic carbocycles. The summed E-state index contributed by atoms with van der Waals surface area (Å²) in [4.78, 5) is 26.0. The molecule has 0 aromatic heterocycles. The van der Waals surface area contributed by atoms with Gasteiger partial charge >= 0.3 is 5.97 Å². The molecular formula is C23H22ClNO5S2. The number of halogens is 1. The van der Waals surface area contributed by atoms with E-state index < -0.39 is 5.97 Å². The zero-order valence-corrected chi connectivity index (χ0v) is 20.0. The van der Waals surface area contributed by atoms with E-state index in [0.29, 0.717) is 39.0 Å². The number of thioether (sulfide) groups is 1. The van der Waals surface area contributed by atoms with E-state index in [1.54, 1.807) is 12.1 Å². The summed E-state index contributed by atoms with van der Waals surface area (Å²) in [6.07, 6.45) is 1.83. The van der Waals surface area contributed by atoms with Crippen molar-refractivity contribution < 1.29 is 23.8 Å². The Morgan fingerprint density at radius 2 is 1.97 bits per heavy atom. The van der Waals surface area contributed by atoms with Gasteiger partial charge in [0, 0.05) is 17.1 Å². The number of amides is 1. The molecule has 1 heterocycles. The zero-order valence-electron chi connectivity index (χ0n) is 17.6. The van der Waals surface area contributed by atoms with Crippen molar-refractivity contribution in [3.63, 3.8) is 0 Å². The second-order valence-electron chi connectivity index (χ2n) is 6.68. The fourth-order valence-electron chi connectivity index (χ4n) is 2.92. The van der Waals surface area contributed by atoms with Crippen LogP contribution in [0.1, 0.15) is 24.5 Å². The molecule has 6 nitrogen and oxygen atoms in total. The Morgan fingerprint density at radius 1 is 1.19 bits per heavy atom. The summed E-state index contributed by atoms with van der Waals surface area (Å²) in [5.41, 5.74) is 1.64. The molecule has 1 fully saturated rings. The highest BCUT2D eigenvalue weighted by molar-refractivity contribution is 8.26. The lowest BCUT2D eigenvalue weighted by Gasteiger charge is -2.14. The highest BCUT2D eigenvalue weighted by Crippen LogP contribution is 2.35. The third-order valence-electron chi connectivity index (χ3n) is 4.55. The van der Waals surface area contributed by atoms with Crippen molar-refractivity contribution in [3.05, 3.63) is 63.5 Å². The molecule has 1 aliphatic heterocycles. The predicted molar refractivity (Wildman–Crippen MR) is 130 cm³/mol. The lowest BCUT2D eigenvalue weighted by atomic mass is 10.1. The lowest BCUT2D eigenvalue weighted by Crippen LogP contribution is -2.30. The summed E-state index contributed by atoms with van der Waals surface area (Å²) in [5.74, 6) is 0.515. The van der Waals surface area contributed by atoms with Crippen LogP contribution in [0.3, 0.4) is 0 Å². The minimum absolute atomic E-state index is 0.0855. The molecule has 0 unspecified atom stereocenters. The van der Waals surface area contributed by atoms with Gasteiger partial charge in [-0.25, -0.2) is 0 Å². The number of carbonyl (C=O) groups excluding carboxylic acids is 2. The molecular weight excluding hydrogens is 470 g/mol. The standard InChI is InChI=1S/C23H22ClNO5S2/c1-3-29-19-12-15(8-9-18(19)30-14-16-6-4-5-7-17(16)24)13-20-22(27)25(23(31)32-20)11-10-21(26)28-2/h4-9,12-13H,3,10-11,14H2,1-2H3/b20-13-. The topological polar surface area (TPSA) is 65.1 Å². The van der Waals surface area contributed by atoms with Gasteiger partial charge in [0.05, 0.1) is 25.0 Å². The number of hydrogen-bond donors (Lipinski definition) is 0. The van der Waals surface area contributed by atoms with Crippen LogP contribution in [-0.2, 0) is 20.9 Å². The Labute approximate surface area is 201 Å². The molecule has 0 N–H and O–H groups in total. The summed E-state index contributed by atoms with van der Waals surface area (Å²) in [7, 11) is 1.31. The van der Waals surface area contributed by atoms with Crippen LogP contribution in [0.15, 0.2) is 47.4 Å². The molecule has 0 saturated carbocycles. The number of hydrogen-bond acceptors (Lipinski definition) is 7. The van der Waals surface area contributed by atoms with E-state index in [1.807, 2.05) is 43.3 Å². The van der Waals surface area contributed by atoms with Crippen LogP contribution in [0, 0.1) is 0 Å². The van der Waals surface area contributed by atoms with Crippen LogP contribution in [0.2, 0.25) is 5.02 Å². The van der Waals surface area contributed by atoms with Crippen molar-refractivity contribution in [1.82, 2.24) is 4.90 Å². The summed E-state index contributed by atoms with van der Waals surface area (Å²) >= 11 is 12.7. The monoisotopic (exact) mass is 491 g/mol. The van der Waals surface area contributed by atoms with Crippen molar-refractivity contribution in [3.8, 4) is 11.5 Å². The molecule has 168 valence electrons. The van der Waals surface area contributed by atoms with E-state index in [2.05, 4.69) is 4.74 Å². The quantitative estimate of drug-likeness (QED) is 0.275. The second kappa shape index (κ2) is 11.4. The van der Waals surface area contributed by atoms with Crippen molar-refractivity contribution in [2.24, 2.45) is 0 Å². The smallest absolute Gasteiger partial charge is 0.307 e. The van der Waals surface area contributed by atoms with Gasteiger partial charge in [-0.15, -0.1) is 0 Å². The fraction of sp³-hybridized carbons (Fsp3) is 0.261. The Hall–Kier alpha value is -2.55. The molecule has 0 aliphatic carbocycles.